The van der Waals surface area contributed by atoms with E-state index >= 15 is 0 Å². The second kappa shape index (κ2) is 6.26. The number of aliphatic carboxylic acids is 1. The van der Waals surface area contributed by atoms with Crippen molar-refractivity contribution in [1.29, 1.82) is 0 Å². The van der Waals surface area contributed by atoms with E-state index in [0.717, 1.165) is 0 Å². The lowest BCUT2D eigenvalue weighted by Gasteiger charge is -2.20. The summed E-state index contributed by atoms with van der Waals surface area (Å²) >= 11 is 0. The van der Waals surface area contributed by atoms with E-state index in [4.69, 9.17) is 5.11 Å². The van der Waals surface area contributed by atoms with Crippen molar-refractivity contribution in [2.75, 3.05) is 0 Å². The van der Waals surface area contributed by atoms with Crippen LogP contribution < -0.4 is 5.32 Å². The van der Waals surface area contributed by atoms with Gasteiger partial charge in [0.15, 0.2) is 0 Å². The van der Waals surface area contributed by atoms with Crippen LogP contribution in [0.1, 0.15) is 42.0 Å². The largest absolute Gasteiger partial charge is 0.480 e. The highest BCUT2D eigenvalue weighted by Crippen LogP contribution is 2.11. The summed E-state index contributed by atoms with van der Waals surface area (Å²) in [6.45, 7) is 7.07. The second-order valence-electron chi connectivity index (χ2n) is 4.66. The number of hydrogen-bond donors (Lipinski definition) is 2. The van der Waals surface area contributed by atoms with Crippen molar-refractivity contribution < 1.29 is 14.7 Å². The van der Waals surface area contributed by atoms with Gasteiger partial charge in [-0.2, -0.15) is 10.2 Å². The number of aryl methyl sites for hydroxylation is 2. The smallest absolute Gasteiger partial charge is 0.326 e. The predicted octanol–water partition coefficient (Wildman–Crippen LogP) is 1.32. The highest BCUT2D eigenvalue weighted by atomic mass is 16.4. The van der Waals surface area contributed by atoms with Gasteiger partial charge in [-0.15, -0.1) is 0 Å². The minimum atomic E-state index is -1.03. The van der Waals surface area contributed by atoms with Crippen molar-refractivity contribution in [1.82, 2.24) is 15.5 Å². The van der Waals surface area contributed by atoms with Gasteiger partial charge in [0.25, 0.3) is 5.91 Å². The molecule has 0 spiro atoms. The summed E-state index contributed by atoms with van der Waals surface area (Å²) in [5, 5.41) is 19.4. The van der Waals surface area contributed by atoms with Crippen molar-refractivity contribution in [2.45, 2.75) is 40.2 Å². The molecule has 104 valence electrons. The van der Waals surface area contributed by atoms with Crippen LogP contribution in [0.15, 0.2) is 6.07 Å². The molecule has 1 aromatic rings. The van der Waals surface area contributed by atoms with E-state index in [-0.39, 0.29) is 5.92 Å². The highest BCUT2D eigenvalue weighted by molar-refractivity contribution is 5.97. The van der Waals surface area contributed by atoms with Crippen molar-refractivity contribution in [2.24, 2.45) is 5.92 Å². The standard InChI is InChI=1S/C13H19N3O3/c1-5-7(2)11(13(18)19)14-12(17)10-6-8(3)15-16-9(10)4/h6-7,11H,5H2,1-4H3,(H,14,17)(H,18,19). The number of aromatic nitrogens is 2. The molecule has 0 radical (unpaired) electrons. The SMILES string of the molecule is CCC(C)C(NC(=O)c1cc(C)nnc1C)C(=O)O. The fraction of sp³-hybridized carbons (Fsp3) is 0.538. The first-order valence-corrected chi connectivity index (χ1v) is 6.21. The van der Waals surface area contributed by atoms with Crippen LogP contribution in [0.25, 0.3) is 0 Å². The number of rotatable bonds is 5. The van der Waals surface area contributed by atoms with E-state index in [9.17, 15) is 9.59 Å². The maximum absolute atomic E-state index is 12.1. The molecular formula is C13H19N3O3. The molecule has 1 amide bonds. The van der Waals surface area contributed by atoms with E-state index in [2.05, 4.69) is 15.5 Å². The van der Waals surface area contributed by atoms with Gasteiger partial charge in [0.1, 0.15) is 6.04 Å². The van der Waals surface area contributed by atoms with Crippen molar-refractivity contribution in [3.05, 3.63) is 23.0 Å². The number of carbonyl (C=O) groups is 2. The first kappa shape index (κ1) is 15.1. The van der Waals surface area contributed by atoms with Gasteiger partial charge in [-0.25, -0.2) is 4.79 Å². The number of carbonyl (C=O) groups excluding carboxylic acids is 1. The summed E-state index contributed by atoms with van der Waals surface area (Å²) in [7, 11) is 0. The Balaban J connectivity index is 2.94. The molecule has 0 saturated heterocycles. The maximum Gasteiger partial charge on any atom is 0.326 e. The van der Waals surface area contributed by atoms with E-state index < -0.39 is 17.9 Å². The summed E-state index contributed by atoms with van der Waals surface area (Å²) < 4.78 is 0. The summed E-state index contributed by atoms with van der Waals surface area (Å²) in [5.41, 5.74) is 1.46. The molecule has 1 aromatic heterocycles. The quantitative estimate of drug-likeness (QED) is 0.837. The molecule has 0 bridgehead atoms. The van der Waals surface area contributed by atoms with Crippen LogP contribution in [0.3, 0.4) is 0 Å². The van der Waals surface area contributed by atoms with Crippen LogP contribution in [-0.2, 0) is 4.79 Å². The van der Waals surface area contributed by atoms with Crippen LogP contribution in [0.2, 0.25) is 0 Å². The lowest BCUT2D eigenvalue weighted by Crippen LogP contribution is -2.45. The summed E-state index contributed by atoms with van der Waals surface area (Å²) in [4.78, 5) is 23.3. The fourth-order valence-corrected chi connectivity index (χ4v) is 1.68. The second-order valence-corrected chi connectivity index (χ2v) is 4.66. The van der Waals surface area contributed by atoms with E-state index in [1.807, 2.05) is 6.92 Å². The molecule has 1 rings (SSSR count). The van der Waals surface area contributed by atoms with Gasteiger partial charge in [-0.05, 0) is 25.8 Å². The third kappa shape index (κ3) is 3.74. The third-order valence-electron chi connectivity index (χ3n) is 3.11. The average Bonchev–Trinajstić information content (AvgIpc) is 2.37. The van der Waals surface area contributed by atoms with Gasteiger partial charge in [-0.3, -0.25) is 4.79 Å². The first-order valence-electron chi connectivity index (χ1n) is 6.21. The zero-order valence-electron chi connectivity index (χ0n) is 11.6. The number of carboxylic acid groups (broad SMARTS) is 1. The lowest BCUT2D eigenvalue weighted by molar-refractivity contribution is -0.140. The normalized spacial score (nSPS) is 13.7. The zero-order chi connectivity index (χ0) is 14.6. The highest BCUT2D eigenvalue weighted by Gasteiger charge is 2.26. The molecule has 6 nitrogen and oxygen atoms in total. The molecule has 19 heavy (non-hydrogen) atoms. The number of nitrogens with one attached hydrogen (secondary N) is 1. The van der Waals surface area contributed by atoms with Crippen LogP contribution in [0.4, 0.5) is 0 Å². The van der Waals surface area contributed by atoms with Crippen LogP contribution in [0, 0.1) is 19.8 Å². The van der Waals surface area contributed by atoms with Gasteiger partial charge < -0.3 is 10.4 Å². The topological polar surface area (TPSA) is 92.2 Å². The Bertz CT molecular complexity index is 488. The first-order chi connectivity index (χ1) is 8.86. The predicted molar refractivity (Wildman–Crippen MR) is 69.9 cm³/mol. The minimum absolute atomic E-state index is 0.141. The zero-order valence-corrected chi connectivity index (χ0v) is 11.6. The Morgan fingerprint density at radius 2 is 2.00 bits per heavy atom. The Hall–Kier alpha value is -1.98. The molecule has 6 heteroatoms. The molecule has 0 aromatic carbocycles. The van der Waals surface area contributed by atoms with Crippen LogP contribution >= 0.6 is 0 Å². The number of carboxylic acids is 1. The third-order valence-corrected chi connectivity index (χ3v) is 3.11. The van der Waals surface area contributed by atoms with Crippen LogP contribution in [0.5, 0.6) is 0 Å². The van der Waals surface area contributed by atoms with Crippen LogP contribution in [-0.4, -0.2) is 33.2 Å². The van der Waals surface area contributed by atoms with Gasteiger partial charge in [0.2, 0.25) is 0 Å². The minimum Gasteiger partial charge on any atom is -0.480 e. The number of hydrogen-bond acceptors (Lipinski definition) is 4. The Morgan fingerprint density at radius 1 is 1.37 bits per heavy atom. The molecule has 2 atom stereocenters. The lowest BCUT2D eigenvalue weighted by atomic mass is 9.99. The van der Waals surface area contributed by atoms with E-state index in [1.165, 1.54) is 0 Å². The Morgan fingerprint density at radius 3 is 2.53 bits per heavy atom. The molecule has 0 saturated carbocycles. The monoisotopic (exact) mass is 265 g/mol. The average molecular weight is 265 g/mol. The molecule has 1 heterocycles. The van der Waals surface area contributed by atoms with Gasteiger partial charge in [0.05, 0.1) is 17.0 Å². The molecule has 0 fully saturated rings. The van der Waals surface area contributed by atoms with Gasteiger partial charge in [-0.1, -0.05) is 20.3 Å². The molecule has 2 N–H and O–H groups in total. The van der Waals surface area contributed by atoms with Crippen molar-refractivity contribution in [3.63, 3.8) is 0 Å². The molecule has 2 unspecified atom stereocenters. The number of amides is 1. The fourth-order valence-electron chi connectivity index (χ4n) is 1.68. The summed E-state index contributed by atoms with van der Waals surface area (Å²) in [6.07, 6.45) is 0.670. The van der Waals surface area contributed by atoms with E-state index in [1.54, 1.807) is 26.8 Å². The van der Waals surface area contributed by atoms with Crippen molar-refractivity contribution in [3.8, 4) is 0 Å². The maximum atomic E-state index is 12.1. The Kier molecular flexibility index (Phi) is 4.97. The number of nitrogens with zero attached hydrogens (tertiary/aromatic N) is 2. The Labute approximate surface area is 112 Å². The molecule has 0 aliphatic rings. The molecule has 0 aliphatic carbocycles. The molecule has 0 aliphatic heterocycles. The summed E-state index contributed by atoms with van der Waals surface area (Å²) in [5.74, 6) is -1.60. The van der Waals surface area contributed by atoms with E-state index in [0.29, 0.717) is 23.4 Å². The molecular weight excluding hydrogens is 246 g/mol. The van der Waals surface area contributed by atoms with Crippen molar-refractivity contribution >= 4 is 11.9 Å². The van der Waals surface area contributed by atoms with Gasteiger partial charge in [0, 0.05) is 0 Å². The van der Waals surface area contributed by atoms with Gasteiger partial charge >= 0.3 is 5.97 Å². The summed E-state index contributed by atoms with van der Waals surface area (Å²) in [6, 6.07) is 0.707.